The highest BCUT2D eigenvalue weighted by Gasteiger charge is 2.28. The molecule has 0 saturated carbocycles. The van der Waals surface area contributed by atoms with Crippen LogP contribution in [0.1, 0.15) is 24.5 Å². The maximum atomic E-state index is 11.1. The van der Waals surface area contributed by atoms with Gasteiger partial charge in [0.15, 0.2) is 6.54 Å². The minimum atomic E-state index is 0.0236. The highest BCUT2D eigenvalue weighted by molar-refractivity contribution is 6.12. The smallest absolute Gasteiger partial charge is 0.217 e. The lowest BCUT2D eigenvalue weighted by Gasteiger charge is -2.05. The van der Waals surface area contributed by atoms with Crippen molar-refractivity contribution in [3.05, 3.63) is 77.4 Å². The van der Waals surface area contributed by atoms with Gasteiger partial charge in [0.1, 0.15) is 6.54 Å². The van der Waals surface area contributed by atoms with E-state index in [2.05, 4.69) is 64.5 Å². The standard InChI is InChI=1S/C21H22N2O/c1-17(24)22-13-15-23-14-12-20(16-18-8-4-2-5-9-18)21(23)19-10-6-3-7-11-19/h2-11,16H,12-15H2,1H3/p+1/b20-16+. The predicted molar refractivity (Wildman–Crippen MR) is 98.3 cm³/mol. The molecule has 2 aromatic rings. The monoisotopic (exact) mass is 319 g/mol. The topological polar surface area (TPSA) is 32.1 Å². The van der Waals surface area contributed by atoms with E-state index in [0.717, 1.165) is 19.5 Å². The molecule has 3 heteroatoms. The fraction of sp³-hybridized carbons (Fsp3) is 0.238. The second-order valence-corrected chi connectivity index (χ2v) is 6.01. The molecular formula is C21H23N2O+. The normalized spacial score (nSPS) is 15.8. The molecule has 0 aromatic heterocycles. The Bertz CT molecular complexity index is 761. The Balaban J connectivity index is 1.93. The van der Waals surface area contributed by atoms with Crippen LogP contribution in [0.3, 0.4) is 0 Å². The number of nitrogens with one attached hydrogen (secondary N) is 1. The van der Waals surface area contributed by atoms with Crippen molar-refractivity contribution in [3.63, 3.8) is 0 Å². The van der Waals surface area contributed by atoms with E-state index in [9.17, 15) is 4.79 Å². The number of nitrogens with zero attached hydrogens (tertiary/aromatic N) is 1. The Morgan fingerprint density at radius 3 is 2.42 bits per heavy atom. The van der Waals surface area contributed by atoms with Crippen molar-refractivity contribution >= 4 is 17.7 Å². The third-order valence-corrected chi connectivity index (χ3v) is 4.21. The second-order valence-electron chi connectivity index (χ2n) is 6.01. The lowest BCUT2D eigenvalue weighted by molar-refractivity contribution is -0.517. The summed E-state index contributed by atoms with van der Waals surface area (Å²) in [6.45, 7) is 4.05. The van der Waals surface area contributed by atoms with Crippen LogP contribution in [-0.2, 0) is 4.79 Å². The van der Waals surface area contributed by atoms with Gasteiger partial charge >= 0.3 is 0 Å². The van der Waals surface area contributed by atoms with Crippen LogP contribution in [0.25, 0.3) is 6.08 Å². The molecule has 1 aliphatic heterocycles. The first-order chi connectivity index (χ1) is 11.7. The molecule has 0 atom stereocenters. The van der Waals surface area contributed by atoms with Crippen molar-refractivity contribution in [2.75, 3.05) is 19.6 Å². The number of hydrogen-bond donors (Lipinski definition) is 1. The van der Waals surface area contributed by atoms with Crippen LogP contribution in [-0.4, -0.2) is 35.8 Å². The molecule has 0 aliphatic carbocycles. The molecule has 122 valence electrons. The summed E-state index contributed by atoms with van der Waals surface area (Å²) in [5.41, 5.74) is 5.10. The molecule has 0 unspecified atom stereocenters. The Morgan fingerprint density at radius 1 is 1.08 bits per heavy atom. The Labute approximate surface area is 143 Å². The summed E-state index contributed by atoms with van der Waals surface area (Å²) in [5, 5.41) is 2.90. The zero-order valence-corrected chi connectivity index (χ0v) is 14.0. The lowest BCUT2D eigenvalue weighted by atomic mass is 10.00. The fourth-order valence-electron chi connectivity index (χ4n) is 3.13. The van der Waals surface area contributed by atoms with Crippen molar-refractivity contribution in [3.8, 4) is 0 Å². The molecule has 1 amide bonds. The molecular weight excluding hydrogens is 296 g/mol. The highest BCUT2D eigenvalue weighted by Crippen LogP contribution is 2.21. The molecule has 1 heterocycles. The maximum absolute atomic E-state index is 11.1. The summed E-state index contributed by atoms with van der Waals surface area (Å²) in [6.07, 6.45) is 3.31. The zero-order valence-electron chi connectivity index (χ0n) is 14.0. The van der Waals surface area contributed by atoms with Gasteiger partial charge in [0.05, 0.1) is 6.54 Å². The van der Waals surface area contributed by atoms with Crippen LogP contribution in [0.5, 0.6) is 0 Å². The van der Waals surface area contributed by atoms with Gasteiger partial charge in [-0.05, 0) is 23.8 Å². The summed E-state index contributed by atoms with van der Waals surface area (Å²) in [4.78, 5) is 11.1. The first kappa shape index (κ1) is 16.2. The van der Waals surface area contributed by atoms with E-state index in [1.54, 1.807) is 6.92 Å². The number of rotatable bonds is 5. The van der Waals surface area contributed by atoms with Crippen molar-refractivity contribution < 1.29 is 9.37 Å². The van der Waals surface area contributed by atoms with E-state index in [1.807, 2.05) is 12.1 Å². The predicted octanol–water partition coefficient (Wildman–Crippen LogP) is 3.11. The van der Waals surface area contributed by atoms with Gasteiger partial charge < -0.3 is 5.32 Å². The average molecular weight is 319 g/mol. The van der Waals surface area contributed by atoms with Crippen molar-refractivity contribution in [1.82, 2.24) is 5.32 Å². The summed E-state index contributed by atoms with van der Waals surface area (Å²) >= 11 is 0. The number of hydrogen-bond acceptors (Lipinski definition) is 1. The molecule has 0 bridgehead atoms. The molecule has 0 spiro atoms. The van der Waals surface area contributed by atoms with Crippen LogP contribution in [0.2, 0.25) is 0 Å². The van der Waals surface area contributed by atoms with Gasteiger partial charge in [-0.3, -0.25) is 4.79 Å². The maximum Gasteiger partial charge on any atom is 0.217 e. The minimum absolute atomic E-state index is 0.0236. The van der Waals surface area contributed by atoms with Gasteiger partial charge in [-0.15, -0.1) is 0 Å². The summed E-state index contributed by atoms with van der Waals surface area (Å²) < 4.78 is 2.38. The average Bonchev–Trinajstić information content (AvgIpc) is 2.99. The number of benzene rings is 2. The second kappa shape index (κ2) is 7.73. The molecule has 0 saturated heterocycles. The van der Waals surface area contributed by atoms with E-state index >= 15 is 0 Å². The highest BCUT2D eigenvalue weighted by atomic mass is 16.1. The molecule has 0 fully saturated rings. The Kier molecular flexibility index (Phi) is 5.22. The summed E-state index contributed by atoms with van der Waals surface area (Å²) in [5.74, 6) is 0.0236. The van der Waals surface area contributed by atoms with Gasteiger partial charge in [-0.1, -0.05) is 48.5 Å². The third-order valence-electron chi connectivity index (χ3n) is 4.21. The van der Waals surface area contributed by atoms with Crippen LogP contribution >= 0.6 is 0 Å². The summed E-state index contributed by atoms with van der Waals surface area (Å²) in [7, 11) is 0. The van der Waals surface area contributed by atoms with Gasteiger partial charge in [-0.2, -0.15) is 0 Å². The summed E-state index contributed by atoms with van der Waals surface area (Å²) in [6, 6.07) is 21.0. The number of amides is 1. The first-order valence-corrected chi connectivity index (χ1v) is 8.42. The van der Waals surface area contributed by atoms with E-state index in [0.29, 0.717) is 6.54 Å². The van der Waals surface area contributed by atoms with Gasteiger partial charge in [0.25, 0.3) is 0 Å². The lowest BCUT2D eigenvalue weighted by Crippen LogP contribution is -2.30. The molecule has 2 aromatic carbocycles. The minimum Gasteiger partial charge on any atom is -0.350 e. The molecule has 3 rings (SSSR count). The van der Waals surface area contributed by atoms with Crippen molar-refractivity contribution in [2.45, 2.75) is 13.3 Å². The van der Waals surface area contributed by atoms with Crippen molar-refractivity contribution in [1.29, 1.82) is 0 Å². The van der Waals surface area contributed by atoms with Crippen LogP contribution < -0.4 is 5.32 Å². The largest absolute Gasteiger partial charge is 0.350 e. The Hall–Kier alpha value is -2.68. The van der Waals surface area contributed by atoms with E-state index in [4.69, 9.17) is 0 Å². The molecule has 1 aliphatic rings. The van der Waals surface area contributed by atoms with Crippen LogP contribution in [0, 0.1) is 0 Å². The Morgan fingerprint density at radius 2 is 1.75 bits per heavy atom. The van der Waals surface area contributed by atoms with E-state index in [-0.39, 0.29) is 5.91 Å². The fourth-order valence-corrected chi connectivity index (χ4v) is 3.13. The molecule has 24 heavy (non-hydrogen) atoms. The first-order valence-electron chi connectivity index (χ1n) is 8.42. The van der Waals surface area contributed by atoms with Crippen LogP contribution in [0.4, 0.5) is 0 Å². The SMILES string of the molecule is CC(=O)NCC[N+]1=C(c2ccccc2)/C(=C/c2ccccc2)CC1. The number of carbonyl (C=O) groups excluding carboxylic acids is 1. The van der Waals surface area contributed by atoms with E-state index < -0.39 is 0 Å². The molecule has 1 N–H and O–H groups in total. The van der Waals surface area contributed by atoms with E-state index in [1.165, 1.54) is 22.4 Å². The molecule has 0 radical (unpaired) electrons. The quantitative estimate of drug-likeness (QED) is 0.844. The molecule has 3 nitrogen and oxygen atoms in total. The van der Waals surface area contributed by atoms with Gasteiger partial charge in [0.2, 0.25) is 11.6 Å². The third kappa shape index (κ3) is 3.99. The van der Waals surface area contributed by atoms with Crippen LogP contribution in [0.15, 0.2) is 66.2 Å². The number of carbonyl (C=O) groups is 1. The van der Waals surface area contributed by atoms with Gasteiger partial charge in [-0.25, -0.2) is 4.58 Å². The van der Waals surface area contributed by atoms with Gasteiger partial charge in [0, 0.05) is 24.5 Å². The van der Waals surface area contributed by atoms with Crippen molar-refractivity contribution in [2.24, 2.45) is 0 Å². The zero-order chi connectivity index (χ0) is 16.8.